The van der Waals surface area contributed by atoms with Gasteiger partial charge in [-0.15, -0.1) is 5.10 Å². The van der Waals surface area contributed by atoms with Crippen LogP contribution in [-0.4, -0.2) is 38.1 Å². The lowest BCUT2D eigenvalue weighted by Gasteiger charge is -2.08. The Morgan fingerprint density at radius 1 is 1.12 bits per heavy atom. The highest BCUT2D eigenvalue weighted by molar-refractivity contribution is 7.99. The van der Waals surface area contributed by atoms with Crippen LogP contribution in [0.25, 0.3) is 16.8 Å². The number of fused-ring (bicyclic) bond motifs is 1. The van der Waals surface area contributed by atoms with E-state index in [9.17, 15) is 0 Å². The van der Waals surface area contributed by atoms with Crippen molar-refractivity contribution < 1.29 is 9.15 Å². The van der Waals surface area contributed by atoms with E-state index in [1.165, 1.54) is 0 Å². The Bertz CT molecular complexity index is 980. The molecule has 0 spiro atoms. The summed E-state index contributed by atoms with van der Waals surface area (Å²) in [6, 6.07) is 15.5. The number of methoxy groups -OCH3 is 1. The monoisotopic (exact) mass is 367 g/mol. The van der Waals surface area contributed by atoms with E-state index in [1.54, 1.807) is 23.6 Å². The molecule has 0 saturated carbocycles. The molecule has 0 aliphatic carbocycles. The van der Waals surface area contributed by atoms with Crippen LogP contribution in [0.5, 0.6) is 5.75 Å². The quantitative estimate of drug-likeness (QED) is 0.365. The first-order valence-corrected chi connectivity index (χ1v) is 9.23. The molecule has 2 heterocycles. The predicted molar refractivity (Wildman–Crippen MR) is 98.8 cm³/mol. The maximum Gasteiger partial charge on any atom is 0.214 e. The lowest BCUT2D eigenvalue weighted by atomic mass is 10.3. The second kappa shape index (κ2) is 7.57. The first kappa shape index (κ1) is 16.6. The number of benzene rings is 2. The summed E-state index contributed by atoms with van der Waals surface area (Å²) in [5.74, 6) is 2.35. The van der Waals surface area contributed by atoms with Crippen LogP contribution >= 0.6 is 11.8 Å². The van der Waals surface area contributed by atoms with Crippen molar-refractivity contribution in [3.05, 3.63) is 54.4 Å². The number of thioether (sulfide) groups is 1. The van der Waals surface area contributed by atoms with Gasteiger partial charge >= 0.3 is 0 Å². The molecule has 0 aliphatic heterocycles. The van der Waals surface area contributed by atoms with E-state index in [2.05, 4.69) is 20.5 Å². The van der Waals surface area contributed by atoms with Crippen LogP contribution in [0.4, 0.5) is 0 Å². The molecule has 0 atom stereocenters. The SMILES string of the molecule is COc1ccccc1-n1nnnc1SCCCc1nc2ccccc2o1. The highest BCUT2D eigenvalue weighted by Crippen LogP contribution is 2.26. The van der Waals surface area contributed by atoms with E-state index in [0.29, 0.717) is 0 Å². The Morgan fingerprint density at radius 3 is 2.85 bits per heavy atom. The molecule has 8 heteroatoms. The number of rotatable bonds is 7. The van der Waals surface area contributed by atoms with Crippen LogP contribution in [0.1, 0.15) is 12.3 Å². The van der Waals surface area contributed by atoms with Gasteiger partial charge in [-0.1, -0.05) is 36.0 Å². The summed E-state index contributed by atoms with van der Waals surface area (Å²) in [6.45, 7) is 0. The van der Waals surface area contributed by atoms with E-state index in [4.69, 9.17) is 9.15 Å². The van der Waals surface area contributed by atoms with Crippen molar-refractivity contribution in [2.24, 2.45) is 0 Å². The van der Waals surface area contributed by atoms with Crippen LogP contribution in [0, 0.1) is 0 Å². The van der Waals surface area contributed by atoms with Crippen molar-refractivity contribution in [2.45, 2.75) is 18.0 Å². The summed E-state index contributed by atoms with van der Waals surface area (Å²) in [4.78, 5) is 4.50. The minimum absolute atomic E-state index is 0.729. The molecule has 0 N–H and O–H groups in total. The Balaban J connectivity index is 1.39. The molecule has 132 valence electrons. The maximum absolute atomic E-state index is 5.75. The van der Waals surface area contributed by atoms with Gasteiger partial charge in [-0.2, -0.15) is 4.68 Å². The van der Waals surface area contributed by atoms with Gasteiger partial charge in [0, 0.05) is 12.2 Å². The van der Waals surface area contributed by atoms with Crippen LogP contribution in [0.3, 0.4) is 0 Å². The van der Waals surface area contributed by atoms with Crippen LogP contribution in [-0.2, 0) is 6.42 Å². The zero-order valence-corrected chi connectivity index (χ0v) is 15.0. The van der Waals surface area contributed by atoms with E-state index in [0.717, 1.165) is 52.2 Å². The number of hydrogen-bond acceptors (Lipinski definition) is 7. The van der Waals surface area contributed by atoms with Crippen molar-refractivity contribution in [2.75, 3.05) is 12.9 Å². The van der Waals surface area contributed by atoms with Gasteiger partial charge in [0.25, 0.3) is 0 Å². The Labute approximate surface area is 154 Å². The third kappa shape index (κ3) is 3.41. The number of tetrazole rings is 1. The zero-order valence-electron chi connectivity index (χ0n) is 14.2. The molecule has 7 nitrogen and oxygen atoms in total. The average Bonchev–Trinajstić information content (AvgIpc) is 3.31. The molecule has 2 aromatic carbocycles. The molecule has 0 amide bonds. The Morgan fingerprint density at radius 2 is 1.96 bits per heavy atom. The summed E-state index contributed by atoms with van der Waals surface area (Å²) >= 11 is 1.60. The van der Waals surface area contributed by atoms with Gasteiger partial charge in [-0.25, -0.2) is 4.98 Å². The highest BCUT2D eigenvalue weighted by atomic mass is 32.2. The number of nitrogens with zero attached hydrogens (tertiary/aromatic N) is 5. The summed E-state index contributed by atoms with van der Waals surface area (Å²) in [6.07, 6.45) is 1.69. The van der Waals surface area contributed by atoms with E-state index >= 15 is 0 Å². The summed E-state index contributed by atoms with van der Waals surface area (Å²) in [5, 5.41) is 12.7. The minimum Gasteiger partial charge on any atom is -0.494 e. The van der Waals surface area contributed by atoms with Gasteiger partial charge in [0.05, 0.1) is 7.11 Å². The van der Waals surface area contributed by atoms with Gasteiger partial charge in [0.1, 0.15) is 17.0 Å². The Kier molecular flexibility index (Phi) is 4.83. The first-order valence-electron chi connectivity index (χ1n) is 8.24. The summed E-state index contributed by atoms with van der Waals surface area (Å²) in [5.41, 5.74) is 2.55. The van der Waals surface area contributed by atoms with Crippen molar-refractivity contribution in [3.63, 3.8) is 0 Å². The standard InChI is InChI=1S/C18H17N5O2S/c1-24-16-10-5-3-8-14(16)23-18(20-21-22-23)26-12-6-11-17-19-13-7-2-4-9-15(13)25-17/h2-5,7-10H,6,11-12H2,1H3. The lowest BCUT2D eigenvalue weighted by Crippen LogP contribution is -2.02. The lowest BCUT2D eigenvalue weighted by molar-refractivity contribution is 0.410. The average molecular weight is 367 g/mol. The van der Waals surface area contributed by atoms with Crippen molar-refractivity contribution in [1.29, 1.82) is 0 Å². The topological polar surface area (TPSA) is 78.9 Å². The molecule has 0 unspecified atom stereocenters. The summed E-state index contributed by atoms with van der Waals surface area (Å²) < 4.78 is 12.8. The fourth-order valence-electron chi connectivity index (χ4n) is 2.64. The number of oxazole rings is 1. The fraction of sp³-hybridized carbons (Fsp3) is 0.222. The fourth-order valence-corrected chi connectivity index (χ4v) is 3.46. The van der Waals surface area contributed by atoms with Gasteiger partial charge in [0.2, 0.25) is 5.16 Å². The molecule has 4 aromatic rings. The second-order valence-corrected chi connectivity index (χ2v) is 6.63. The number of ether oxygens (including phenoxy) is 1. The third-order valence-corrected chi connectivity index (χ3v) is 4.86. The highest BCUT2D eigenvalue weighted by Gasteiger charge is 2.13. The zero-order chi connectivity index (χ0) is 17.8. The molecule has 0 radical (unpaired) electrons. The van der Waals surface area contributed by atoms with Gasteiger partial charge in [-0.05, 0) is 41.1 Å². The number of hydrogen-bond donors (Lipinski definition) is 0. The number of aromatic nitrogens is 5. The normalized spacial score (nSPS) is 11.1. The number of aryl methyl sites for hydroxylation is 1. The van der Waals surface area contributed by atoms with Gasteiger partial charge < -0.3 is 9.15 Å². The molecule has 4 rings (SSSR count). The van der Waals surface area contributed by atoms with Crippen LogP contribution < -0.4 is 4.74 Å². The van der Waals surface area contributed by atoms with Crippen LogP contribution in [0.2, 0.25) is 0 Å². The number of para-hydroxylation sites is 4. The molecule has 0 aliphatic rings. The molecule has 0 fully saturated rings. The Hall–Kier alpha value is -2.87. The molecular weight excluding hydrogens is 350 g/mol. The molecule has 0 bridgehead atoms. The molecule has 26 heavy (non-hydrogen) atoms. The van der Waals surface area contributed by atoms with Gasteiger partial charge in [0.15, 0.2) is 11.5 Å². The molecule has 0 saturated heterocycles. The van der Waals surface area contributed by atoms with E-state index < -0.39 is 0 Å². The third-order valence-electron chi connectivity index (χ3n) is 3.86. The molecular formula is C18H17N5O2S. The molecule has 2 aromatic heterocycles. The summed E-state index contributed by atoms with van der Waals surface area (Å²) in [7, 11) is 1.64. The smallest absolute Gasteiger partial charge is 0.214 e. The van der Waals surface area contributed by atoms with Crippen molar-refractivity contribution in [1.82, 2.24) is 25.2 Å². The van der Waals surface area contributed by atoms with Gasteiger partial charge in [-0.3, -0.25) is 0 Å². The van der Waals surface area contributed by atoms with Crippen molar-refractivity contribution >= 4 is 22.9 Å². The minimum atomic E-state index is 0.729. The largest absolute Gasteiger partial charge is 0.494 e. The second-order valence-electron chi connectivity index (χ2n) is 5.57. The van der Waals surface area contributed by atoms with Crippen LogP contribution in [0.15, 0.2) is 58.1 Å². The first-order chi connectivity index (χ1) is 12.8. The predicted octanol–water partition coefficient (Wildman–Crippen LogP) is 3.54. The van der Waals surface area contributed by atoms with E-state index in [-0.39, 0.29) is 0 Å². The van der Waals surface area contributed by atoms with Crippen molar-refractivity contribution in [3.8, 4) is 11.4 Å². The van der Waals surface area contributed by atoms with E-state index in [1.807, 2.05) is 48.5 Å². The maximum atomic E-state index is 5.75.